The van der Waals surface area contributed by atoms with Crippen LogP contribution in [0, 0.1) is 0 Å². The quantitative estimate of drug-likeness (QED) is 0.421. The van der Waals surface area contributed by atoms with Crippen LogP contribution in [0.15, 0.2) is 0 Å². The highest BCUT2D eigenvalue weighted by Crippen LogP contribution is 2.43. The maximum absolute atomic E-state index is 11.0. The Balaban J connectivity index is 4.01. The van der Waals surface area contributed by atoms with Crippen LogP contribution in [0.1, 0.15) is 13.8 Å². The smallest absolute Gasteiger partial charge is 0.438 e. The summed E-state index contributed by atoms with van der Waals surface area (Å²) in [5.41, 5.74) is -1.37. The number of hydrogen-bond donors (Lipinski definition) is 1. The Morgan fingerprint density at radius 3 is 2.36 bits per heavy atom. The van der Waals surface area contributed by atoms with E-state index in [0.717, 1.165) is 6.92 Å². The van der Waals surface area contributed by atoms with Crippen molar-refractivity contribution in [2.75, 3.05) is 13.4 Å². The molecule has 1 N–H and O–H groups in total. The fourth-order valence-electron chi connectivity index (χ4n) is 0.439. The zero-order valence-corrected chi connectivity index (χ0v) is 8.65. The average molecular weight is 226 g/mol. The topological polar surface area (TPSA) is 99.1 Å². The van der Waals surface area contributed by atoms with Crippen LogP contribution < -0.4 is 0 Å². The molecule has 0 amide bonds. The summed E-state index contributed by atoms with van der Waals surface area (Å²) in [7, 11) is -4.49. The van der Waals surface area contributed by atoms with Gasteiger partial charge in [0, 0.05) is 6.92 Å². The van der Waals surface area contributed by atoms with E-state index in [1.807, 2.05) is 0 Å². The Bertz CT molecular complexity index is 261. The molecule has 0 fully saturated rings. The van der Waals surface area contributed by atoms with Gasteiger partial charge in [-0.05, 0) is 6.92 Å². The Hall–Kier alpha value is -0.910. The van der Waals surface area contributed by atoms with Gasteiger partial charge in [0.05, 0.1) is 6.61 Å². The van der Waals surface area contributed by atoms with E-state index in [1.165, 1.54) is 6.92 Å². The third-order valence-corrected chi connectivity index (χ3v) is 2.03. The molecule has 0 rings (SSSR count). The molecule has 0 aliphatic carbocycles. The molecule has 8 heteroatoms. The van der Waals surface area contributed by atoms with Gasteiger partial charge in [0.25, 0.3) is 0 Å². The molecule has 82 valence electrons. The predicted molar refractivity (Wildman–Crippen MR) is 44.6 cm³/mol. The lowest BCUT2D eigenvalue weighted by atomic mass is 10.8. The highest BCUT2D eigenvalue weighted by Gasteiger charge is 2.32. The second kappa shape index (κ2) is 5.74. The minimum atomic E-state index is -4.49. The van der Waals surface area contributed by atoms with Crippen LogP contribution in [-0.4, -0.2) is 30.0 Å². The molecule has 7 nitrogen and oxygen atoms in total. The maximum atomic E-state index is 11.0. The number of ether oxygens (including phenoxy) is 2. The van der Waals surface area contributed by atoms with Crippen molar-refractivity contribution in [2.24, 2.45) is 0 Å². The van der Waals surface area contributed by atoms with Gasteiger partial charge in [-0.25, -0.2) is 9.36 Å². The zero-order chi connectivity index (χ0) is 11.2. The second-order valence-electron chi connectivity index (χ2n) is 2.10. The highest BCUT2D eigenvalue weighted by atomic mass is 31.2. The van der Waals surface area contributed by atoms with Crippen LogP contribution in [0.25, 0.3) is 0 Å². The van der Waals surface area contributed by atoms with Crippen LogP contribution in [0.2, 0.25) is 0 Å². The molecule has 1 unspecified atom stereocenters. The molecule has 0 saturated carbocycles. The first-order chi connectivity index (χ1) is 6.40. The first-order valence-electron chi connectivity index (χ1n) is 3.68. The van der Waals surface area contributed by atoms with E-state index in [4.69, 9.17) is 4.89 Å². The zero-order valence-electron chi connectivity index (χ0n) is 7.76. The van der Waals surface area contributed by atoms with Gasteiger partial charge in [0.2, 0.25) is 6.79 Å². The van der Waals surface area contributed by atoms with E-state index < -0.39 is 26.1 Å². The van der Waals surface area contributed by atoms with Gasteiger partial charge in [-0.15, -0.1) is 0 Å². The molecule has 0 heterocycles. The van der Waals surface area contributed by atoms with E-state index >= 15 is 0 Å². The highest BCUT2D eigenvalue weighted by molar-refractivity contribution is 7.70. The summed E-state index contributed by atoms with van der Waals surface area (Å²) in [5, 5.41) is 0. The average Bonchev–Trinajstić information content (AvgIpc) is 2.03. The summed E-state index contributed by atoms with van der Waals surface area (Å²) in [6.07, 6.45) is 0. The molecule has 0 saturated heterocycles. The number of carbonyl (C=O) groups is 2. The van der Waals surface area contributed by atoms with Crippen molar-refractivity contribution in [2.45, 2.75) is 13.8 Å². The molecule has 0 aromatic heterocycles. The van der Waals surface area contributed by atoms with Crippen molar-refractivity contribution in [3.8, 4) is 0 Å². The first kappa shape index (κ1) is 13.1. The van der Waals surface area contributed by atoms with Crippen molar-refractivity contribution < 1.29 is 33.0 Å². The summed E-state index contributed by atoms with van der Waals surface area (Å²) in [4.78, 5) is 29.9. The molecule has 0 bridgehead atoms. The van der Waals surface area contributed by atoms with Gasteiger partial charge in [0.15, 0.2) is 0 Å². The molecule has 0 radical (unpaired) electrons. The molecular formula is C6H11O7P. The first-order valence-corrected chi connectivity index (χ1v) is 5.26. The summed E-state index contributed by atoms with van der Waals surface area (Å²) in [5.74, 6) is -0.686. The second-order valence-corrected chi connectivity index (χ2v) is 3.77. The maximum Gasteiger partial charge on any atom is 0.438 e. The standard InChI is InChI=1S/C6H11O7P/c1-3-11-6(8)14(9,10)13-4-12-5(2)7/h3-4H2,1-2H3,(H,9,10). The largest absolute Gasteiger partial charge is 0.457 e. The van der Waals surface area contributed by atoms with Crippen molar-refractivity contribution >= 4 is 19.3 Å². The van der Waals surface area contributed by atoms with Crippen LogP contribution in [0.5, 0.6) is 0 Å². The van der Waals surface area contributed by atoms with Crippen LogP contribution >= 0.6 is 7.60 Å². The summed E-state index contributed by atoms with van der Waals surface area (Å²) in [6.45, 7) is 1.77. The van der Waals surface area contributed by atoms with E-state index in [2.05, 4.69) is 14.0 Å². The van der Waals surface area contributed by atoms with Crippen molar-refractivity contribution in [3.63, 3.8) is 0 Å². The molecule has 1 atom stereocenters. The Labute approximate surface area is 80.5 Å². The fourth-order valence-corrected chi connectivity index (χ4v) is 1.03. The van der Waals surface area contributed by atoms with Crippen LogP contribution in [-0.2, 0) is 23.4 Å². The van der Waals surface area contributed by atoms with Gasteiger partial charge in [-0.1, -0.05) is 0 Å². The van der Waals surface area contributed by atoms with Crippen molar-refractivity contribution in [3.05, 3.63) is 0 Å². The normalized spacial score (nSPS) is 14.2. The monoisotopic (exact) mass is 226 g/mol. The molecular weight excluding hydrogens is 215 g/mol. The van der Waals surface area contributed by atoms with Crippen LogP contribution in [0.3, 0.4) is 0 Å². The Kier molecular flexibility index (Phi) is 5.37. The molecule has 14 heavy (non-hydrogen) atoms. The van der Waals surface area contributed by atoms with Gasteiger partial charge in [-0.3, -0.25) is 9.32 Å². The van der Waals surface area contributed by atoms with E-state index in [1.54, 1.807) is 0 Å². The van der Waals surface area contributed by atoms with Gasteiger partial charge in [0.1, 0.15) is 0 Å². The number of esters is 1. The third-order valence-electron chi connectivity index (χ3n) is 0.988. The molecule has 0 aliphatic rings. The molecule has 0 aromatic carbocycles. The number of hydrogen-bond acceptors (Lipinski definition) is 6. The minimum Gasteiger partial charge on any atom is -0.457 e. The van der Waals surface area contributed by atoms with Gasteiger partial charge >= 0.3 is 19.3 Å². The summed E-state index contributed by atoms with van der Waals surface area (Å²) in [6, 6.07) is 0. The minimum absolute atomic E-state index is 0.0414. The lowest BCUT2D eigenvalue weighted by Gasteiger charge is -2.09. The van der Waals surface area contributed by atoms with E-state index in [9.17, 15) is 14.2 Å². The van der Waals surface area contributed by atoms with Crippen molar-refractivity contribution in [1.82, 2.24) is 0 Å². The fraction of sp³-hybridized carbons (Fsp3) is 0.667. The summed E-state index contributed by atoms with van der Waals surface area (Å²) < 4.78 is 23.6. The Morgan fingerprint density at radius 1 is 1.36 bits per heavy atom. The van der Waals surface area contributed by atoms with Gasteiger partial charge < -0.3 is 14.4 Å². The lowest BCUT2D eigenvalue weighted by Crippen LogP contribution is -2.09. The third kappa shape index (κ3) is 4.96. The van der Waals surface area contributed by atoms with E-state index in [-0.39, 0.29) is 6.61 Å². The molecule has 0 spiro atoms. The van der Waals surface area contributed by atoms with Gasteiger partial charge in [-0.2, -0.15) is 0 Å². The molecule has 0 aliphatic heterocycles. The Morgan fingerprint density at radius 2 is 1.93 bits per heavy atom. The predicted octanol–water partition coefficient (Wildman–Crippen LogP) is 0.865. The molecule has 0 aromatic rings. The number of carbonyl (C=O) groups excluding carboxylic acids is 2. The number of rotatable bonds is 5. The lowest BCUT2D eigenvalue weighted by molar-refractivity contribution is -0.147. The van der Waals surface area contributed by atoms with E-state index in [0.29, 0.717) is 0 Å². The van der Waals surface area contributed by atoms with Crippen LogP contribution in [0.4, 0.5) is 4.79 Å². The van der Waals surface area contributed by atoms with Crippen molar-refractivity contribution in [1.29, 1.82) is 0 Å². The summed E-state index contributed by atoms with van der Waals surface area (Å²) >= 11 is 0. The SMILES string of the molecule is CCOC(=O)P(=O)(O)OCOC(C)=O.